The van der Waals surface area contributed by atoms with E-state index in [9.17, 15) is 14.4 Å². The molecule has 0 aliphatic carbocycles. The van der Waals surface area contributed by atoms with Gasteiger partial charge in [-0.2, -0.15) is 5.10 Å². The van der Waals surface area contributed by atoms with Crippen LogP contribution in [0, 0.1) is 13.8 Å². The molecule has 1 aromatic heterocycles. The molecule has 7 heteroatoms. The zero-order chi connectivity index (χ0) is 21.7. The average molecular weight is 407 g/mol. The Balaban J connectivity index is 1.79. The lowest BCUT2D eigenvalue weighted by atomic mass is 10.1. The topological polar surface area (TPSA) is 90.3 Å². The van der Waals surface area contributed by atoms with Crippen LogP contribution < -0.4 is 10.9 Å². The number of carbonyl (C=O) groups excluding carboxylic acids is 2. The summed E-state index contributed by atoms with van der Waals surface area (Å²) < 4.78 is 6.50. The van der Waals surface area contributed by atoms with E-state index in [1.54, 1.807) is 30.3 Å². The molecule has 0 spiro atoms. The number of rotatable bonds is 7. The normalized spacial score (nSPS) is 10.8. The maximum Gasteiger partial charge on any atom is 0.359 e. The number of hydrogen-bond acceptors (Lipinski definition) is 5. The minimum Gasteiger partial charge on any atom is -0.451 e. The Morgan fingerprint density at radius 2 is 1.80 bits per heavy atom. The summed E-state index contributed by atoms with van der Waals surface area (Å²) in [7, 11) is 0. The fourth-order valence-electron chi connectivity index (χ4n) is 3.12. The molecule has 0 aliphatic rings. The van der Waals surface area contributed by atoms with Crippen LogP contribution in [0.4, 0.5) is 5.69 Å². The molecule has 0 unspecified atom stereocenters. The maximum atomic E-state index is 12.7. The Bertz CT molecular complexity index is 1150. The number of fused-ring (bicyclic) bond motifs is 1. The highest BCUT2D eigenvalue weighted by Crippen LogP contribution is 2.18. The summed E-state index contributed by atoms with van der Waals surface area (Å²) in [6, 6.07) is 12.4. The highest BCUT2D eigenvalue weighted by Gasteiger charge is 2.19. The third-order valence-electron chi connectivity index (χ3n) is 5.00. The van der Waals surface area contributed by atoms with Crippen LogP contribution >= 0.6 is 0 Å². The van der Waals surface area contributed by atoms with Gasteiger partial charge in [-0.15, -0.1) is 0 Å². The zero-order valence-electron chi connectivity index (χ0n) is 17.4. The van der Waals surface area contributed by atoms with Gasteiger partial charge >= 0.3 is 5.97 Å². The monoisotopic (exact) mass is 407 g/mol. The standard InChI is InChI=1S/C23H25N3O4/c1-4-5-13-26-22(28)18-11-7-6-10-17(18)21(25-26)23(29)30-14-20(27)24-19-12-8-9-15(2)16(19)3/h6-12H,4-5,13-14H2,1-3H3,(H,24,27). The number of carbonyl (C=O) groups is 2. The summed E-state index contributed by atoms with van der Waals surface area (Å²) in [5.74, 6) is -1.19. The molecule has 0 aliphatic heterocycles. The van der Waals surface area contributed by atoms with Crippen molar-refractivity contribution >= 4 is 28.3 Å². The number of aromatic nitrogens is 2. The number of esters is 1. The molecule has 1 amide bonds. The highest BCUT2D eigenvalue weighted by atomic mass is 16.5. The van der Waals surface area contributed by atoms with Crippen molar-refractivity contribution in [1.82, 2.24) is 9.78 Å². The lowest BCUT2D eigenvalue weighted by Gasteiger charge is -2.12. The van der Waals surface area contributed by atoms with E-state index in [4.69, 9.17) is 4.74 Å². The summed E-state index contributed by atoms with van der Waals surface area (Å²) in [4.78, 5) is 37.6. The molecule has 30 heavy (non-hydrogen) atoms. The molecule has 1 N–H and O–H groups in total. The molecule has 1 heterocycles. The molecule has 7 nitrogen and oxygen atoms in total. The summed E-state index contributed by atoms with van der Waals surface area (Å²) in [5.41, 5.74) is 2.46. The van der Waals surface area contributed by atoms with Gasteiger partial charge in [0.05, 0.1) is 5.39 Å². The first-order chi connectivity index (χ1) is 14.4. The van der Waals surface area contributed by atoms with Crippen LogP contribution in [-0.2, 0) is 16.1 Å². The largest absolute Gasteiger partial charge is 0.451 e. The molecular formula is C23H25N3O4. The van der Waals surface area contributed by atoms with E-state index < -0.39 is 18.5 Å². The summed E-state index contributed by atoms with van der Waals surface area (Å²) in [6.07, 6.45) is 1.65. The second-order valence-electron chi connectivity index (χ2n) is 7.15. The Morgan fingerprint density at radius 3 is 2.53 bits per heavy atom. The van der Waals surface area contributed by atoms with Crippen LogP contribution in [0.2, 0.25) is 0 Å². The molecular weight excluding hydrogens is 382 g/mol. The first kappa shape index (κ1) is 21.2. The lowest BCUT2D eigenvalue weighted by Crippen LogP contribution is -2.28. The number of unbranched alkanes of at least 4 members (excludes halogenated alkanes) is 1. The molecule has 3 rings (SSSR count). The number of anilines is 1. The second kappa shape index (κ2) is 9.35. The van der Waals surface area contributed by atoms with Gasteiger partial charge in [0.25, 0.3) is 11.5 Å². The van der Waals surface area contributed by atoms with Crippen LogP contribution in [-0.4, -0.2) is 28.3 Å². The van der Waals surface area contributed by atoms with Crippen LogP contribution in [0.25, 0.3) is 10.8 Å². The van der Waals surface area contributed by atoms with Gasteiger partial charge in [0.15, 0.2) is 12.3 Å². The summed E-state index contributed by atoms with van der Waals surface area (Å²) in [5, 5.41) is 7.79. The van der Waals surface area contributed by atoms with Crippen molar-refractivity contribution in [3.63, 3.8) is 0 Å². The molecule has 0 saturated heterocycles. The molecule has 3 aromatic rings. The SMILES string of the molecule is CCCCn1nc(C(=O)OCC(=O)Nc2cccc(C)c2C)c2ccccc2c1=O. The highest BCUT2D eigenvalue weighted by molar-refractivity contribution is 6.03. The average Bonchev–Trinajstić information content (AvgIpc) is 2.75. The van der Waals surface area contributed by atoms with Crippen molar-refractivity contribution in [3.05, 3.63) is 69.6 Å². The van der Waals surface area contributed by atoms with E-state index in [-0.39, 0.29) is 11.3 Å². The van der Waals surface area contributed by atoms with Gasteiger partial charge in [0, 0.05) is 17.6 Å². The molecule has 0 bridgehead atoms. The predicted molar refractivity (Wildman–Crippen MR) is 116 cm³/mol. The molecule has 0 radical (unpaired) electrons. The number of nitrogens with zero attached hydrogens (tertiary/aromatic N) is 2. The Labute approximate surface area is 174 Å². The number of nitrogens with one attached hydrogen (secondary N) is 1. The second-order valence-corrected chi connectivity index (χ2v) is 7.15. The number of aryl methyl sites for hydroxylation is 2. The van der Waals surface area contributed by atoms with Crippen LogP contribution in [0.15, 0.2) is 47.3 Å². The smallest absolute Gasteiger partial charge is 0.359 e. The molecule has 0 saturated carbocycles. The maximum absolute atomic E-state index is 12.7. The molecule has 2 aromatic carbocycles. The van der Waals surface area contributed by atoms with Gasteiger partial charge in [0.2, 0.25) is 0 Å². The summed E-state index contributed by atoms with van der Waals surface area (Å²) >= 11 is 0. The van der Waals surface area contributed by atoms with E-state index in [0.717, 1.165) is 24.0 Å². The van der Waals surface area contributed by atoms with Crippen molar-refractivity contribution in [1.29, 1.82) is 0 Å². The first-order valence-electron chi connectivity index (χ1n) is 9.95. The lowest BCUT2D eigenvalue weighted by molar-refractivity contribution is -0.119. The van der Waals surface area contributed by atoms with E-state index >= 15 is 0 Å². The van der Waals surface area contributed by atoms with Gasteiger partial charge in [0.1, 0.15) is 0 Å². The Hall–Kier alpha value is -3.48. The molecule has 0 fully saturated rings. The number of amides is 1. The third-order valence-corrected chi connectivity index (χ3v) is 5.00. The predicted octanol–water partition coefficient (Wildman–Crippen LogP) is 3.61. The van der Waals surface area contributed by atoms with Crippen molar-refractivity contribution in [2.75, 3.05) is 11.9 Å². The van der Waals surface area contributed by atoms with Crippen LogP contribution in [0.1, 0.15) is 41.4 Å². The Morgan fingerprint density at radius 1 is 1.07 bits per heavy atom. The van der Waals surface area contributed by atoms with Gasteiger partial charge in [-0.25, -0.2) is 9.48 Å². The third kappa shape index (κ3) is 4.56. The molecule has 156 valence electrons. The minimum absolute atomic E-state index is 0.0286. The van der Waals surface area contributed by atoms with Gasteiger partial charge in [-0.1, -0.05) is 43.7 Å². The van der Waals surface area contributed by atoms with Crippen LogP contribution in [0.5, 0.6) is 0 Å². The zero-order valence-corrected chi connectivity index (χ0v) is 17.4. The van der Waals surface area contributed by atoms with Crippen molar-refractivity contribution in [2.24, 2.45) is 0 Å². The van der Waals surface area contributed by atoms with Crippen molar-refractivity contribution in [2.45, 2.75) is 40.2 Å². The fourth-order valence-corrected chi connectivity index (χ4v) is 3.12. The van der Waals surface area contributed by atoms with Gasteiger partial charge in [-0.3, -0.25) is 9.59 Å². The number of hydrogen-bond donors (Lipinski definition) is 1. The van der Waals surface area contributed by atoms with Gasteiger partial charge < -0.3 is 10.1 Å². The van der Waals surface area contributed by atoms with Crippen molar-refractivity contribution < 1.29 is 14.3 Å². The first-order valence-corrected chi connectivity index (χ1v) is 9.95. The number of benzene rings is 2. The quantitative estimate of drug-likeness (QED) is 0.604. The number of ether oxygens (including phenoxy) is 1. The van der Waals surface area contributed by atoms with E-state index in [0.29, 0.717) is 23.0 Å². The van der Waals surface area contributed by atoms with E-state index in [1.807, 2.05) is 32.9 Å². The fraction of sp³-hybridized carbons (Fsp3) is 0.304. The van der Waals surface area contributed by atoms with E-state index in [1.165, 1.54) is 4.68 Å². The van der Waals surface area contributed by atoms with Crippen molar-refractivity contribution in [3.8, 4) is 0 Å². The Kier molecular flexibility index (Phi) is 6.61. The summed E-state index contributed by atoms with van der Waals surface area (Å²) in [6.45, 7) is 5.83. The van der Waals surface area contributed by atoms with Gasteiger partial charge in [-0.05, 0) is 43.5 Å². The minimum atomic E-state index is -0.743. The molecule has 0 atom stereocenters. The van der Waals surface area contributed by atoms with Crippen LogP contribution in [0.3, 0.4) is 0 Å². The van der Waals surface area contributed by atoms with E-state index in [2.05, 4.69) is 10.4 Å².